The van der Waals surface area contributed by atoms with Crippen molar-refractivity contribution in [3.63, 3.8) is 0 Å². The van der Waals surface area contributed by atoms with E-state index in [1.54, 1.807) is 0 Å². The average Bonchev–Trinajstić information content (AvgIpc) is 3.61. The van der Waals surface area contributed by atoms with Crippen molar-refractivity contribution in [1.29, 1.82) is 0 Å². The molecule has 0 spiro atoms. The van der Waals surface area contributed by atoms with Crippen LogP contribution in [0.1, 0.15) is 205 Å². The molecule has 6 aromatic rings. The molecule has 70 heavy (non-hydrogen) atoms. The predicted octanol–water partition coefficient (Wildman–Crippen LogP) is 16.3. The highest BCUT2D eigenvalue weighted by Gasteiger charge is 2.50. The van der Waals surface area contributed by atoms with E-state index in [0.717, 1.165) is 6.42 Å². The molecule has 0 saturated heterocycles. The first-order valence-electron chi connectivity index (χ1n) is 27.0. The zero-order valence-corrected chi connectivity index (χ0v) is 46.2. The van der Waals surface area contributed by atoms with Gasteiger partial charge in [-0.1, -0.05) is 160 Å². The van der Waals surface area contributed by atoms with Crippen LogP contribution in [0, 0.1) is 6.92 Å². The molecule has 2 nitrogen and oxygen atoms in total. The normalized spacial score (nSPS) is 21.4. The minimum absolute atomic E-state index is 0.0502. The summed E-state index contributed by atoms with van der Waals surface area (Å²) in [7, 11) is 0. The molecule has 0 N–H and O–H groups in total. The molecule has 3 heteroatoms. The van der Waals surface area contributed by atoms with Gasteiger partial charge in [-0.3, -0.25) is 0 Å². The molecule has 6 aliphatic rings. The number of benzene rings is 6. The van der Waals surface area contributed by atoms with E-state index in [1.807, 2.05) is 0 Å². The Labute approximate surface area is 422 Å². The summed E-state index contributed by atoms with van der Waals surface area (Å²) in [4.78, 5) is 5.44. The van der Waals surface area contributed by atoms with E-state index in [9.17, 15) is 0 Å². The van der Waals surface area contributed by atoms with Crippen LogP contribution in [0.3, 0.4) is 0 Å². The smallest absolute Gasteiger partial charge is 0.252 e. The molecule has 0 saturated carbocycles. The summed E-state index contributed by atoms with van der Waals surface area (Å²) in [5, 5.41) is 0. The molecule has 2 heterocycles. The van der Waals surface area contributed by atoms with Crippen LogP contribution < -0.4 is 26.2 Å². The summed E-state index contributed by atoms with van der Waals surface area (Å²) in [6.45, 7) is 44.2. The first-order chi connectivity index (χ1) is 32.4. The quantitative estimate of drug-likeness (QED) is 0.159. The topological polar surface area (TPSA) is 6.48 Å². The van der Waals surface area contributed by atoms with Gasteiger partial charge in [0.25, 0.3) is 6.71 Å². The fourth-order valence-electron chi connectivity index (χ4n) is 15.3. The SMILES string of the molecule is Cc1cc2c3c(c1)N(c1ccc4c(c1)C(C)(C)c1cc(C(C)(C)C)ccc1-4)c1cc4c(cc1B3c1cc3c(cc1N2c1ccc2c(c1)C(C)(C)CCC2(C)C)C(C)(C)CCC3(C)C)C(C)(C)CC4(C)C. The minimum Gasteiger partial charge on any atom is -0.311 e. The third-order valence-electron chi connectivity index (χ3n) is 19.5. The summed E-state index contributed by atoms with van der Waals surface area (Å²) in [6.07, 6.45) is 5.91. The van der Waals surface area contributed by atoms with Gasteiger partial charge in [-0.25, -0.2) is 0 Å². The van der Waals surface area contributed by atoms with Gasteiger partial charge >= 0.3 is 0 Å². The van der Waals surface area contributed by atoms with E-state index in [1.165, 1.54) is 143 Å². The third-order valence-corrected chi connectivity index (χ3v) is 19.5. The Morgan fingerprint density at radius 1 is 0.400 bits per heavy atom. The van der Waals surface area contributed by atoms with Gasteiger partial charge in [-0.2, -0.15) is 0 Å². The standard InChI is InChI=1S/C67H79BN2/c1-39-29-57-59-58(30-39)70(42-21-24-45-48(33-42)62(7,8)26-25-61(45,5)6)55-36-51-49(63(9,10)27-28-64(51,11)12)34-53(55)68(59)54-35-50-52(66(15,16)38-65(50,13)14)37-56(54)69(57)41-20-23-44-43-22-19-40(60(2,3)4)31-46(43)67(17,18)47(44)32-41/h19-24,29-37H,25-28,38H2,1-18H3. The predicted molar refractivity (Wildman–Crippen MR) is 303 cm³/mol. The molecule has 0 amide bonds. The average molecular weight is 923 g/mol. The van der Waals surface area contributed by atoms with Crippen LogP contribution in [0.2, 0.25) is 0 Å². The van der Waals surface area contributed by atoms with Crippen LogP contribution in [-0.4, -0.2) is 6.71 Å². The lowest BCUT2D eigenvalue weighted by molar-refractivity contribution is 0.332. The maximum atomic E-state index is 2.73. The third kappa shape index (κ3) is 6.30. The fourth-order valence-corrected chi connectivity index (χ4v) is 15.3. The van der Waals surface area contributed by atoms with Crippen molar-refractivity contribution in [2.24, 2.45) is 0 Å². The minimum atomic E-state index is -0.150. The van der Waals surface area contributed by atoms with Crippen LogP contribution in [-0.2, 0) is 43.3 Å². The lowest BCUT2D eigenvalue weighted by Gasteiger charge is -2.48. The molecule has 12 rings (SSSR count). The van der Waals surface area contributed by atoms with Crippen molar-refractivity contribution < 1.29 is 0 Å². The fraction of sp³-hybridized carbons (Fsp3) is 0.463. The molecule has 0 aromatic heterocycles. The summed E-state index contributed by atoms with van der Waals surface area (Å²) in [6, 6.07) is 38.2. The molecule has 360 valence electrons. The second-order valence-electron chi connectivity index (χ2n) is 28.8. The number of anilines is 6. The zero-order chi connectivity index (χ0) is 50.0. The Kier molecular flexibility index (Phi) is 9.17. The van der Waals surface area contributed by atoms with Crippen LogP contribution in [0.5, 0.6) is 0 Å². The van der Waals surface area contributed by atoms with Crippen molar-refractivity contribution >= 4 is 57.2 Å². The second-order valence-corrected chi connectivity index (χ2v) is 28.8. The van der Waals surface area contributed by atoms with E-state index >= 15 is 0 Å². The Bertz CT molecular complexity index is 3290. The van der Waals surface area contributed by atoms with Gasteiger partial charge in [0, 0.05) is 39.5 Å². The van der Waals surface area contributed by atoms with Gasteiger partial charge in [0.1, 0.15) is 0 Å². The first kappa shape index (κ1) is 46.1. The van der Waals surface area contributed by atoms with E-state index in [-0.39, 0.29) is 50.0 Å². The molecule has 0 unspecified atom stereocenters. The van der Waals surface area contributed by atoms with Crippen LogP contribution >= 0.6 is 0 Å². The zero-order valence-electron chi connectivity index (χ0n) is 46.2. The van der Waals surface area contributed by atoms with Crippen LogP contribution in [0.4, 0.5) is 34.1 Å². The highest BCUT2D eigenvalue weighted by Crippen LogP contribution is 2.57. The molecular weight excluding hydrogens is 844 g/mol. The van der Waals surface area contributed by atoms with Gasteiger partial charge < -0.3 is 9.80 Å². The van der Waals surface area contributed by atoms with E-state index < -0.39 is 0 Å². The molecule has 0 bridgehead atoms. The first-order valence-corrected chi connectivity index (χ1v) is 27.0. The Morgan fingerprint density at radius 3 is 1.31 bits per heavy atom. The van der Waals surface area contributed by atoms with E-state index in [2.05, 4.69) is 225 Å². The number of nitrogens with zero attached hydrogens (tertiary/aromatic N) is 2. The molecule has 0 radical (unpaired) electrons. The summed E-state index contributed by atoms with van der Waals surface area (Å²) in [5.74, 6) is 0. The largest absolute Gasteiger partial charge is 0.311 e. The number of aryl methyl sites for hydroxylation is 1. The van der Waals surface area contributed by atoms with E-state index in [0.29, 0.717) is 0 Å². The number of hydrogen-bond acceptors (Lipinski definition) is 2. The van der Waals surface area contributed by atoms with Crippen LogP contribution in [0.15, 0.2) is 91.0 Å². The van der Waals surface area contributed by atoms with Gasteiger partial charge in [-0.05, 0) is 209 Å². The molecular formula is C67H79BN2. The molecule has 2 aliphatic heterocycles. The van der Waals surface area contributed by atoms with Crippen molar-refractivity contribution in [2.45, 2.75) is 200 Å². The number of hydrogen-bond donors (Lipinski definition) is 0. The van der Waals surface area contributed by atoms with Gasteiger partial charge in [0.2, 0.25) is 0 Å². The molecule has 6 aromatic carbocycles. The van der Waals surface area contributed by atoms with Gasteiger partial charge in [-0.15, -0.1) is 0 Å². The highest BCUT2D eigenvalue weighted by molar-refractivity contribution is 7.00. The maximum absolute atomic E-state index is 2.73. The molecule has 0 fully saturated rings. The summed E-state index contributed by atoms with van der Waals surface area (Å²) in [5.41, 5.74) is 30.0. The lowest BCUT2D eigenvalue weighted by Crippen LogP contribution is -2.62. The van der Waals surface area contributed by atoms with Crippen molar-refractivity contribution in [1.82, 2.24) is 0 Å². The molecule has 4 aliphatic carbocycles. The Morgan fingerprint density at radius 2 is 0.800 bits per heavy atom. The number of fused-ring (bicyclic) bond motifs is 10. The van der Waals surface area contributed by atoms with E-state index in [4.69, 9.17) is 0 Å². The molecule has 0 atom stereocenters. The van der Waals surface area contributed by atoms with Crippen LogP contribution in [0.25, 0.3) is 11.1 Å². The number of rotatable bonds is 2. The van der Waals surface area contributed by atoms with Crippen molar-refractivity contribution in [2.75, 3.05) is 9.80 Å². The summed E-state index contributed by atoms with van der Waals surface area (Å²) >= 11 is 0. The Hall–Kier alpha value is -5.02. The van der Waals surface area contributed by atoms with Crippen molar-refractivity contribution in [3.8, 4) is 11.1 Å². The highest BCUT2D eigenvalue weighted by atomic mass is 15.2. The Balaban J connectivity index is 1.17. The monoisotopic (exact) mass is 923 g/mol. The van der Waals surface area contributed by atoms with Crippen molar-refractivity contribution in [3.05, 3.63) is 147 Å². The lowest BCUT2D eigenvalue weighted by atomic mass is 9.33. The second kappa shape index (κ2) is 13.9. The maximum Gasteiger partial charge on any atom is 0.252 e. The summed E-state index contributed by atoms with van der Waals surface area (Å²) < 4.78 is 0. The van der Waals surface area contributed by atoms with Gasteiger partial charge in [0.15, 0.2) is 0 Å². The van der Waals surface area contributed by atoms with Gasteiger partial charge in [0.05, 0.1) is 0 Å².